The van der Waals surface area contributed by atoms with E-state index < -0.39 is 21.7 Å². The molecule has 2 N–H and O–H groups in total. The molecule has 0 saturated heterocycles. The summed E-state index contributed by atoms with van der Waals surface area (Å²) in [5, 5.41) is 2.57. The molecule has 0 fully saturated rings. The summed E-state index contributed by atoms with van der Waals surface area (Å²) in [4.78, 5) is 11.6. The van der Waals surface area contributed by atoms with Crippen molar-refractivity contribution in [3.63, 3.8) is 0 Å². The molecule has 0 saturated carbocycles. The van der Waals surface area contributed by atoms with Crippen molar-refractivity contribution in [2.24, 2.45) is 0 Å². The fourth-order valence-electron chi connectivity index (χ4n) is 1.54. The number of carbonyl (C=O) groups is 1. The first-order chi connectivity index (χ1) is 10.1. The van der Waals surface area contributed by atoms with Gasteiger partial charge in [0.1, 0.15) is 5.60 Å². The second-order valence-corrected chi connectivity index (χ2v) is 8.20. The summed E-state index contributed by atoms with van der Waals surface area (Å²) in [7, 11) is -3.56. The lowest BCUT2D eigenvalue weighted by Gasteiger charge is -2.19. The number of rotatable bonds is 6. The summed E-state index contributed by atoms with van der Waals surface area (Å²) in [6.45, 7) is 5.88. The highest BCUT2D eigenvalue weighted by Crippen LogP contribution is 2.20. The van der Waals surface area contributed by atoms with E-state index in [1.54, 1.807) is 39.0 Å². The van der Waals surface area contributed by atoms with Gasteiger partial charge in [-0.2, -0.15) is 0 Å². The highest BCUT2D eigenvalue weighted by Gasteiger charge is 2.17. The van der Waals surface area contributed by atoms with Gasteiger partial charge in [-0.3, -0.25) is 0 Å². The number of carbonyl (C=O) groups excluding carboxylic acids is 1. The molecule has 0 unspecified atom stereocenters. The van der Waals surface area contributed by atoms with Gasteiger partial charge < -0.3 is 10.1 Å². The van der Waals surface area contributed by atoms with E-state index in [4.69, 9.17) is 4.74 Å². The Morgan fingerprint density at radius 1 is 1.23 bits per heavy atom. The first-order valence-corrected chi connectivity index (χ1v) is 9.10. The van der Waals surface area contributed by atoms with Gasteiger partial charge in [-0.1, -0.05) is 12.1 Å². The molecule has 0 heterocycles. The lowest BCUT2D eigenvalue weighted by atomic mass is 10.2. The van der Waals surface area contributed by atoms with Crippen molar-refractivity contribution in [2.45, 2.75) is 37.7 Å². The van der Waals surface area contributed by atoms with E-state index in [2.05, 4.69) is 26.0 Å². The van der Waals surface area contributed by atoms with E-state index in [9.17, 15) is 13.2 Å². The predicted molar refractivity (Wildman–Crippen MR) is 88.2 cm³/mol. The Labute approximate surface area is 139 Å². The molecule has 0 aromatic heterocycles. The van der Waals surface area contributed by atoms with Crippen LogP contribution in [0.1, 0.15) is 27.2 Å². The average Bonchev–Trinajstić information content (AvgIpc) is 2.36. The summed E-state index contributed by atoms with van der Waals surface area (Å²) in [5.74, 6) is 0. The molecular weight excluding hydrogens is 372 g/mol. The molecule has 6 nitrogen and oxygen atoms in total. The van der Waals surface area contributed by atoms with Gasteiger partial charge in [-0.15, -0.1) is 0 Å². The van der Waals surface area contributed by atoms with Crippen molar-refractivity contribution in [3.8, 4) is 0 Å². The number of benzene rings is 1. The van der Waals surface area contributed by atoms with Crippen LogP contribution in [-0.2, 0) is 14.8 Å². The number of sulfonamides is 1. The van der Waals surface area contributed by atoms with Crippen LogP contribution in [-0.4, -0.2) is 33.2 Å². The molecule has 1 rings (SSSR count). The maximum atomic E-state index is 12.1. The van der Waals surface area contributed by atoms with Crippen LogP contribution < -0.4 is 10.0 Å². The standard InChI is InChI=1S/C14H21BrN2O4S/c1-14(2,3)21-13(18)16-9-6-10-17-22(19,20)12-8-5-4-7-11(12)15/h4-5,7-8,17H,6,9-10H2,1-3H3,(H,16,18). The molecule has 22 heavy (non-hydrogen) atoms. The van der Waals surface area contributed by atoms with Gasteiger partial charge in [-0.25, -0.2) is 17.9 Å². The van der Waals surface area contributed by atoms with E-state index in [1.165, 1.54) is 6.07 Å². The zero-order valence-corrected chi connectivity index (χ0v) is 15.3. The minimum Gasteiger partial charge on any atom is -0.444 e. The van der Waals surface area contributed by atoms with Gasteiger partial charge in [0.15, 0.2) is 0 Å². The second kappa shape index (κ2) is 7.94. The Morgan fingerprint density at radius 2 is 1.86 bits per heavy atom. The molecule has 0 aliphatic rings. The van der Waals surface area contributed by atoms with E-state index in [1.807, 2.05) is 0 Å². The van der Waals surface area contributed by atoms with Gasteiger partial charge in [0.05, 0.1) is 4.90 Å². The molecule has 1 aromatic rings. The Hall–Kier alpha value is -1.12. The maximum Gasteiger partial charge on any atom is 0.407 e. The Morgan fingerprint density at radius 3 is 2.45 bits per heavy atom. The lowest BCUT2D eigenvalue weighted by Crippen LogP contribution is -2.34. The van der Waals surface area contributed by atoms with Gasteiger partial charge in [-0.05, 0) is 55.3 Å². The largest absolute Gasteiger partial charge is 0.444 e. The SMILES string of the molecule is CC(C)(C)OC(=O)NCCCNS(=O)(=O)c1ccccc1Br. The first-order valence-electron chi connectivity index (χ1n) is 6.83. The van der Waals surface area contributed by atoms with Crippen molar-refractivity contribution >= 4 is 32.0 Å². The van der Waals surface area contributed by atoms with Crippen LogP contribution >= 0.6 is 15.9 Å². The Balaban J connectivity index is 2.36. The predicted octanol–water partition coefficient (Wildman–Crippen LogP) is 2.64. The third-order valence-corrected chi connectivity index (χ3v) is 4.91. The molecule has 0 radical (unpaired) electrons. The highest BCUT2D eigenvalue weighted by molar-refractivity contribution is 9.10. The minimum absolute atomic E-state index is 0.190. The minimum atomic E-state index is -3.56. The van der Waals surface area contributed by atoms with E-state index in [0.29, 0.717) is 17.4 Å². The van der Waals surface area contributed by atoms with Crippen LogP contribution in [0.25, 0.3) is 0 Å². The smallest absolute Gasteiger partial charge is 0.407 e. The van der Waals surface area contributed by atoms with Gasteiger partial charge in [0.25, 0.3) is 0 Å². The van der Waals surface area contributed by atoms with Crippen molar-refractivity contribution in [2.75, 3.05) is 13.1 Å². The fraction of sp³-hybridized carbons (Fsp3) is 0.500. The third-order valence-electron chi connectivity index (χ3n) is 2.44. The Kier molecular flexibility index (Phi) is 6.83. The molecule has 124 valence electrons. The normalized spacial score (nSPS) is 12.0. The molecular formula is C14H21BrN2O4S. The topological polar surface area (TPSA) is 84.5 Å². The van der Waals surface area contributed by atoms with Gasteiger partial charge in [0, 0.05) is 17.6 Å². The summed E-state index contributed by atoms with van der Waals surface area (Å²) in [6, 6.07) is 6.58. The molecule has 0 bridgehead atoms. The molecule has 0 aliphatic heterocycles. The Bertz CT molecular complexity index is 612. The molecule has 8 heteroatoms. The summed E-state index contributed by atoms with van der Waals surface area (Å²) < 4.78 is 32.2. The monoisotopic (exact) mass is 392 g/mol. The quantitative estimate of drug-likeness (QED) is 0.728. The third kappa shape index (κ3) is 6.76. The van der Waals surface area contributed by atoms with E-state index in [-0.39, 0.29) is 11.4 Å². The molecule has 1 amide bonds. The molecule has 0 aliphatic carbocycles. The number of ether oxygens (including phenoxy) is 1. The fourth-order valence-corrected chi connectivity index (χ4v) is 3.62. The maximum absolute atomic E-state index is 12.1. The molecule has 0 spiro atoms. The van der Waals surface area contributed by atoms with Crippen LogP contribution in [0.4, 0.5) is 4.79 Å². The highest BCUT2D eigenvalue weighted by atomic mass is 79.9. The van der Waals surface area contributed by atoms with Crippen molar-refractivity contribution in [1.29, 1.82) is 0 Å². The summed E-state index contributed by atoms with van der Waals surface area (Å²) in [5.41, 5.74) is -0.550. The van der Waals surface area contributed by atoms with Crippen molar-refractivity contribution in [1.82, 2.24) is 10.0 Å². The van der Waals surface area contributed by atoms with Crippen molar-refractivity contribution < 1.29 is 17.9 Å². The number of hydrogen-bond donors (Lipinski definition) is 2. The summed E-state index contributed by atoms with van der Waals surface area (Å²) in [6.07, 6.45) is -0.0516. The van der Waals surface area contributed by atoms with Gasteiger partial charge >= 0.3 is 6.09 Å². The number of hydrogen-bond acceptors (Lipinski definition) is 4. The number of alkyl carbamates (subject to hydrolysis) is 1. The number of nitrogens with one attached hydrogen (secondary N) is 2. The average molecular weight is 393 g/mol. The first kappa shape index (κ1) is 18.9. The van der Waals surface area contributed by atoms with Crippen LogP contribution in [0, 0.1) is 0 Å². The van der Waals surface area contributed by atoms with Crippen LogP contribution in [0.3, 0.4) is 0 Å². The number of amides is 1. The van der Waals surface area contributed by atoms with E-state index in [0.717, 1.165) is 0 Å². The molecule has 0 atom stereocenters. The van der Waals surface area contributed by atoms with Crippen molar-refractivity contribution in [3.05, 3.63) is 28.7 Å². The second-order valence-electron chi connectivity index (χ2n) is 5.61. The van der Waals surface area contributed by atoms with Crippen LogP contribution in [0.2, 0.25) is 0 Å². The summed E-state index contributed by atoms with van der Waals surface area (Å²) >= 11 is 3.21. The van der Waals surface area contributed by atoms with E-state index >= 15 is 0 Å². The zero-order chi connectivity index (χ0) is 16.8. The number of halogens is 1. The van der Waals surface area contributed by atoms with Crippen LogP contribution in [0.5, 0.6) is 0 Å². The van der Waals surface area contributed by atoms with Crippen LogP contribution in [0.15, 0.2) is 33.6 Å². The zero-order valence-electron chi connectivity index (χ0n) is 12.8. The lowest BCUT2D eigenvalue weighted by molar-refractivity contribution is 0.0527. The molecule has 1 aromatic carbocycles. The van der Waals surface area contributed by atoms with Gasteiger partial charge in [0.2, 0.25) is 10.0 Å².